The third-order valence-corrected chi connectivity index (χ3v) is 4.37. The molecule has 0 radical (unpaired) electrons. The Morgan fingerprint density at radius 3 is 2.83 bits per heavy atom. The highest BCUT2D eigenvalue weighted by Crippen LogP contribution is 2.32. The molecule has 1 aliphatic rings. The summed E-state index contributed by atoms with van der Waals surface area (Å²) in [6, 6.07) is 11.8. The summed E-state index contributed by atoms with van der Waals surface area (Å²) in [7, 11) is 0. The lowest BCUT2D eigenvalue weighted by Gasteiger charge is -2.10. The van der Waals surface area contributed by atoms with E-state index in [1.54, 1.807) is 0 Å². The first-order valence-electron chi connectivity index (χ1n) is 7.77. The number of amides is 1. The first kappa shape index (κ1) is 16.6. The Morgan fingerprint density at radius 2 is 2.00 bits per heavy atom. The van der Waals surface area contributed by atoms with E-state index in [0.29, 0.717) is 19.5 Å². The van der Waals surface area contributed by atoms with Crippen LogP contribution in [0.4, 0.5) is 5.69 Å². The third-order valence-electron chi connectivity index (χ3n) is 3.72. The Hall–Kier alpha value is -2.21. The van der Waals surface area contributed by atoms with E-state index < -0.39 is 0 Å². The lowest BCUT2D eigenvalue weighted by Crippen LogP contribution is -2.24. The normalized spacial score (nSPS) is 12.1. The Morgan fingerprint density at radius 1 is 1.17 bits per heavy atom. The average molecular weight is 391 g/mol. The summed E-state index contributed by atoms with van der Waals surface area (Å²) in [6.07, 6.45) is 0.408. The molecule has 0 fully saturated rings. The van der Waals surface area contributed by atoms with Crippen molar-refractivity contribution in [2.24, 2.45) is 0 Å². The number of carbonyl (C=O) groups excluding carboxylic acids is 1. The van der Waals surface area contributed by atoms with Gasteiger partial charge >= 0.3 is 0 Å². The monoisotopic (exact) mass is 390 g/mol. The predicted octanol–water partition coefficient (Wildman–Crippen LogP) is 3.60. The van der Waals surface area contributed by atoms with Crippen molar-refractivity contribution in [1.82, 2.24) is 5.32 Å². The molecule has 0 atom stereocenters. The highest BCUT2D eigenvalue weighted by atomic mass is 79.9. The molecule has 1 heterocycles. The summed E-state index contributed by atoms with van der Waals surface area (Å²) in [6.45, 7) is 3.35. The van der Waals surface area contributed by atoms with Crippen LogP contribution in [0, 0.1) is 6.92 Å². The topological polar surface area (TPSA) is 59.6 Å². The predicted molar refractivity (Wildman–Crippen MR) is 96.4 cm³/mol. The lowest BCUT2D eigenvalue weighted by molar-refractivity contribution is -0.121. The van der Waals surface area contributed by atoms with Crippen LogP contribution in [0.2, 0.25) is 0 Å². The van der Waals surface area contributed by atoms with Gasteiger partial charge in [-0.05, 0) is 58.2 Å². The molecule has 1 amide bonds. The molecule has 2 N–H and O–H groups in total. The van der Waals surface area contributed by atoms with Gasteiger partial charge in [0.05, 0.1) is 0 Å². The van der Waals surface area contributed by atoms with E-state index in [2.05, 4.69) is 26.6 Å². The summed E-state index contributed by atoms with van der Waals surface area (Å²) in [5.74, 6) is 1.48. The van der Waals surface area contributed by atoms with Gasteiger partial charge in [0.25, 0.3) is 0 Å². The maximum Gasteiger partial charge on any atom is 0.231 e. The fourth-order valence-electron chi connectivity index (χ4n) is 2.41. The fourth-order valence-corrected chi connectivity index (χ4v) is 3.05. The molecule has 6 heteroatoms. The van der Waals surface area contributed by atoms with Crippen LogP contribution < -0.4 is 20.1 Å². The molecule has 3 rings (SSSR count). The quantitative estimate of drug-likeness (QED) is 0.790. The molecule has 0 unspecified atom stereocenters. The number of anilines is 1. The van der Waals surface area contributed by atoms with Gasteiger partial charge in [-0.2, -0.15) is 0 Å². The van der Waals surface area contributed by atoms with Crippen molar-refractivity contribution in [3.63, 3.8) is 0 Å². The van der Waals surface area contributed by atoms with Crippen molar-refractivity contribution in [2.75, 3.05) is 18.7 Å². The summed E-state index contributed by atoms with van der Waals surface area (Å²) < 4.78 is 11.6. The van der Waals surface area contributed by atoms with Crippen LogP contribution in [0.1, 0.15) is 17.5 Å². The summed E-state index contributed by atoms with van der Waals surface area (Å²) in [4.78, 5) is 12.0. The Bertz CT molecular complexity index is 749. The lowest BCUT2D eigenvalue weighted by atomic mass is 10.2. The number of hydrogen-bond donors (Lipinski definition) is 2. The van der Waals surface area contributed by atoms with Crippen molar-refractivity contribution in [3.8, 4) is 11.5 Å². The van der Waals surface area contributed by atoms with Crippen molar-refractivity contribution in [3.05, 3.63) is 52.0 Å². The summed E-state index contributed by atoms with van der Waals surface area (Å²) in [5.41, 5.74) is 3.17. The molecule has 126 valence electrons. The zero-order valence-electron chi connectivity index (χ0n) is 13.4. The molecule has 24 heavy (non-hydrogen) atoms. The standard InChI is InChI=1S/C18H19BrN2O3/c1-12-2-4-15(14(19)8-12)20-7-6-18(22)21-10-13-3-5-16-17(9-13)24-11-23-16/h2-5,8-9,20H,6-7,10-11H2,1H3,(H,21,22). The minimum absolute atomic E-state index is 0.00315. The first-order valence-corrected chi connectivity index (χ1v) is 8.56. The van der Waals surface area contributed by atoms with E-state index in [1.165, 1.54) is 5.56 Å². The molecule has 0 saturated heterocycles. The fraction of sp³-hybridized carbons (Fsp3) is 0.278. The van der Waals surface area contributed by atoms with E-state index in [9.17, 15) is 4.79 Å². The largest absolute Gasteiger partial charge is 0.454 e. The summed E-state index contributed by atoms with van der Waals surface area (Å²) >= 11 is 3.51. The molecule has 2 aromatic carbocycles. The van der Waals surface area contributed by atoms with Gasteiger partial charge in [-0.3, -0.25) is 4.79 Å². The van der Waals surface area contributed by atoms with E-state index in [0.717, 1.165) is 27.2 Å². The number of halogens is 1. The number of fused-ring (bicyclic) bond motifs is 1. The van der Waals surface area contributed by atoms with Gasteiger partial charge in [0.15, 0.2) is 11.5 Å². The summed E-state index contributed by atoms with van der Waals surface area (Å²) in [5, 5.41) is 6.17. The van der Waals surface area contributed by atoms with Crippen LogP contribution in [0.3, 0.4) is 0 Å². The van der Waals surface area contributed by atoms with Gasteiger partial charge in [-0.15, -0.1) is 0 Å². The molecule has 0 aromatic heterocycles. The zero-order valence-corrected chi connectivity index (χ0v) is 15.0. The van der Waals surface area contributed by atoms with Crippen LogP contribution in [0.25, 0.3) is 0 Å². The molecular weight excluding hydrogens is 372 g/mol. The van der Waals surface area contributed by atoms with Gasteiger partial charge < -0.3 is 20.1 Å². The highest BCUT2D eigenvalue weighted by molar-refractivity contribution is 9.10. The number of benzene rings is 2. The van der Waals surface area contributed by atoms with E-state index in [-0.39, 0.29) is 12.7 Å². The number of rotatable bonds is 6. The second-order valence-electron chi connectivity index (χ2n) is 5.62. The second kappa shape index (κ2) is 7.57. The van der Waals surface area contributed by atoms with Gasteiger partial charge in [-0.25, -0.2) is 0 Å². The van der Waals surface area contributed by atoms with Gasteiger partial charge in [-0.1, -0.05) is 12.1 Å². The zero-order chi connectivity index (χ0) is 16.9. The van der Waals surface area contributed by atoms with Gasteiger partial charge in [0.2, 0.25) is 12.7 Å². The SMILES string of the molecule is Cc1ccc(NCCC(=O)NCc2ccc3c(c2)OCO3)c(Br)c1. The number of carbonyl (C=O) groups is 1. The second-order valence-corrected chi connectivity index (χ2v) is 6.48. The molecule has 0 spiro atoms. The van der Waals surface area contributed by atoms with Crippen LogP contribution in [-0.4, -0.2) is 19.2 Å². The third kappa shape index (κ3) is 4.20. The van der Waals surface area contributed by atoms with Crippen LogP contribution in [0.5, 0.6) is 11.5 Å². The molecule has 0 aliphatic carbocycles. The molecular formula is C18H19BrN2O3. The minimum atomic E-state index is 0.00315. The maximum absolute atomic E-state index is 12.0. The van der Waals surface area contributed by atoms with Crippen molar-refractivity contribution < 1.29 is 14.3 Å². The molecule has 1 aliphatic heterocycles. The van der Waals surface area contributed by atoms with Crippen molar-refractivity contribution in [2.45, 2.75) is 19.9 Å². The van der Waals surface area contributed by atoms with E-state index in [1.807, 2.05) is 43.3 Å². The Balaban J connectivity index is 1.43. The van der Waals surface area contributed by atoms with Gasteiger partial charge in [0, 0.05) is 29.7 Å². The van der Waals surface area contributed by atoms with E-state index >= 15 is 0 Å². The van der Waals surface area contributed by atoms with E-state index in [4.69, 9.17) is 9.47 Å². The van der Waals surface area contributed by atoms with Crippen LogP contribution in [-0.2, 0) is 11.3 Å². The Kier molecular flexibility index (Phi) is 5.25. The molecule has 5 nitrogen and oxygen atoms in total. The van der Waals surface area contributed by atoms with Crippen molar-refractivity contribution in [1.29, 1.82) is 0 Å². The minimum Gasteiger partial charge on any atom is -0.454 e. The number of nitrogens with one attached hydrogen (secondary N) is 2. The van der Waals surface area contributed by atoms with Gasteiger partial charge in [0.1, 0.15) is 0 Å². The maximum atomic E-state index is 12.0. The van der Waals surface area contributed by atoms with Crippen LogP contribution >= 0.6 is 15.9 Å². The smallest absolute Gasteiger partial charge is 0.231 e. The van der Waals surface area contributed by atoms with Crippen LogP contribution in [0.15, 0.2) is 40.9 Å². The molecule has 0 bridgehead atoms. The average Bonchev–Trinajstić information content (AvgIpc) is 3.02. The number of aryl methyl sites for hydroxylation is 1. The molecule has 0 saturated carbocycles. The number of ether oxygens (including phenoxy) is 2. The van der Waals surface area contributed by atoms with Crippen molar-refractivity contribution >= 4 is 27.5 Å². The first-order chi connectivity index (χ1) is 11.6. The Labute approximate surface area is 149 Å². The molecule has 2 aromatic rings. The highest BCUT2D eigenvalue weighted by Gasteiger charge is 2.13. The number of hydrogen-bond acceptors (Lipinski definition) is 4.